The van der Waals surface area contributed by atoms with Crippen LogP contribution in [0.2, 0.25) is 0 Å². The normalized spacial score (nSPS) is 10.2. The highest BCUT2D eigenvalue weighted by atomic mass is 32.2. The summed E-state index contributed by atoms with van der Waals surface area (Å²) in [5, 5.41) is 23.6. The van der Waals surface area contributed by atoms with Gasteiger partial charge < -0.3 is 5.32 Å². The van der Waals surface area contributed by atoms with Crippen LogP contribution in [0.3, 0.4) is 0 Å². The van der Waals surface area contributed by atoms with Gasteiger partial charge in [0.1, 0.15) is 5.82 Å². The molecule has 0 amide bonds. The van der Waals surface area contributed by atoms with Gasteiger partial charge in [0.15, 0.2) is 0 Å². The van der Waals surface area contributed by atoms with E-state index in [0.29, 0.717) is 22.3 Å². The van der Waals surface area contributed by atoms with Crippen molar-refractivity contribution >= 4 is 34.2 Å². The van der Waals surface area contributed by atoms with E-state index in [0.717, 1.165) is 12.3 Å². The Labute approximate surface area is 120 Å². The van der Waals surface area contributed by atoms with Crippen LogP contribution in [0, 0.1) is 21.4 Å². The minimum absolute atomic E-state index is 0.0427. The Morgan fingerprint density at radius 2 is 2.30 bits per heavy atom. The molecule has 1 heterocycles. The lowest BCUT2D eigenvalue weighted by Crippen LogP contribution is -2.06. The van der Waals surface area contributed by atoms with E-state index in [2.05, 4.69) is 16.4 Å². The van der Waals surface area contributed by atoms with Gasteiger partial charge in [-0.25, -0.2) is 4.98 Å². The minimum atomic E-state index is -0.481. The van der Waals surface area contributed by atoms with Crippen LogP contribution < -0.4 is 5.32 Å². The molecule has 1 aromatic heterocycles. The Morgan fingerprint density at radius 1 is 1.50 bits per heavy atom. The Hall–Kier alpha value is -2.33. The summed E-state index contributed by atoms with van der Waals surface area (Å²) in [7, 11) is 0. The van der Waals surface area contributed by atoms with Crippen LogP contribution in [0.5, 0.6) is 0 Å². The number of rotatable bonds is 5. The van der Waals surface area contributed by atoms with Crippen molar-refractivity contribution in [3.63, 3.8) is 0 Å². The second-order valence-corrected chi connectivity index (χ2v) is 5.03. The number of nitro groups is 1. The van der Waals surface area contributed by atoms with Crippen molar-refractivity contribution in [3.05, 3.63) is 39.9 Å². The molecule has 7 heteroatoms. The molecular formula is C13H12N4O2S. The molecule has 0 aliphatic heterocycles. The summed E-state index contributed by atoms with van der Waals surface area (Å²) in [6.45, 7) is 0.748. The van der Waals surface area contributed by atoms with Crippen molar-refractivity contribution in [2.75, 3.05) is 23.9 Å². The first-order valence-electron chi connectivity index (χ1n) is 5.88. The lowest BCUT2D eigenvalue weighted by molar-refractivity contribution is -0.384. The Balaban J connectivity index is 2.45. The molecule has 0 saturated heterocycles. The SMILES string of the molecule is CSCCNc1cc(C#N)c2cc([N+](=O)[O-])ccc2n1. The molecule has 0 radical (unpaired) electrons. The van der Waals surface area contributed by atoms with Crippen molar-refractivity contribution in [1.29, 1.82) is 5.26 Å². The van der Waals surface area contributed by atoms with Gasteiger partial charge in [-0.1, -0.05) is 0 Å². The van der Waals surface area contributed by atoms with Gasteiger partial charge in [-0.05, 0) is 18.4 Å². The third-order valence-corrected chi connectivity index (χ3v) is 3.35. The zero-order valence-electron chi connectivity index (χ0n) is 10.8. The number of nitro benzene ring substituents is 1. The molecule has 2 aromatic rings. The molecule has 0 spiro atoms. The molecule has 0 unspecified atom stereocenters. The molecule has 20 heavy (non-hydrogen) atoms. The molecule has 0 aliphatic rings. The Bertz CT molecular complexity index is 697. The summed E-state index contributed by atoms with van der Waals surface area (Å²) in [6, 6.07) is 8.01. The van der Waals surface area contributed by atoms with E-state index in [1.54, 1.807) is 23.9 Å². The summed E-state index contributed by atoms with van der Waals surface area (Å²) < 4.78 is 0. The number of non-ortho nitro benzene ring substituents is 1. The fourth-order valence-electron chi connectivity index (χ4n) is 1.79. The quantitative estimate of drug-likeness (QED) is 0.516. The number of pyridine rings is 1. The number of hydrogen-bond donors (Lipinski definition) is 1. The average molecular weight is 288 g/mol. The van der Waals surface area contributed by atoms with Crippen LogP contribution in [0.1, 0.15) is 5.56 Å². The predicted octanol–water partition coefficient (Wildman–Crippen LogP) is 2.79. The number of nitrogens with zero attached hydrogens (tertiary/aromatic N) is 3. The molecule has 0 saturated carbocycles. The van der Waals surface area contributed by atoms with Gasteiger partial charge in [0.2, 0.25) is 0 Å². The highest BCUT2D eigenvalue weighted by Gasteiger charge is 2.11. The van der Waals surface area contributed by atoms with Crippen molar-refractivity contribution in [3.8, 4) is 6.07 Å². The fourth-order valence-corrected chi connectivity index (χ4v) is 2.10. The molecule has 0 aliphatic carbocycles. The molecule has 0 atom stereocenters. The number of nitrogens with one attached hydrogen (secondary N) is 1. The van der Waals surface area contributed by atoms with Gasteiger partial charge in [-0.15, -0.1) is 0 Å². The molecular weight excluding hydrogens is 276 g/mol. The van der Waals surface area contributed by atoms with Crippen molar-refractivity contribution in [2.24, 2.45) is 0 Å². The van der Waals surface area contributed by atoms with Crippen LogP contribution in [0.25, 0.3) is 10.9 Å². The third kappa shape index (κ3) is 2.97. The number of thioether (sulfide) groups is 1. The number of hydrogen-bond acceptors (Lipinski definition) is 6. The van der Waals surface area contributed by atoms with Crippen LogP contribution in [0.15, 0.2) is 24.3 Å². The summed E-state index contributed by atoms with van der Waals surface area (Å²) in [6.07, 6.45) is 2.01. The lowest BCUT2D eigenvalue weighted by atomic mass is 10.1. The largest absolute Gasteiger partial charge is 0.369 e. The second-order valence-electron chi connectivity index (χ2n) is 4.04. The van der Waals surface area contributed by atoms with Crippen molar-refractivity contribution in [2.45, 2.75) is 0 Å². The van der Waals surface area contributed by atoms with E-state index in [4.69, 9.17) is 0 Å². The topological polar surface area (TPSA) is 91.8 Å². The van der Waals surface area contributed by atoms with E-state index in [-0.39, 0.29) is 5.69 Å². The first-order chi connectivity index (χ1) is 9.65. The predicted molar refractivity (Wildman–Crippen MR) is 80.0 cm³/mol. The highest BCUT2D eigenvalue weighted by molar-refractivity contribution is 7.98. The molecule has 0 fully saturated rings. The molecule has 0 bridgehead atoms. The summed E-state index contributed by atoms with van der Waals surface area (Å²) >= 11 is 1.71. The second kappa shape index (κ2) is 6.21. The summed E-state index contributed by atoms with van der Waals surface area (Å²) in [4.78, 5) is 14.7. The number of anilines is 1. The van der Waals surface area contributed by atoms with Crippen LogP contribution >= 0.6 is 11.8 Å². The number of nitriles is 1. The maximum absolute atomic E-state index is 10.8. The van der Waals surface area contributed by atoms with Gasteiger partial charge >= 0.3 is 0 Å². The number of fused-ring (bicyclic) bond motifs is 1. The monoisotopic (exact) mass is 288 g/mol. The van der Waals surface area contributed by atoms with E-state index in [1.807, 2.05) is 6.26 Å². The zero-order valence-corrected chi connectivity index (χ0v) is 11.6. The molecule has 102 valence electrons. The summed E-state index contributed by atoms with van der Waals surface area (Å²) in [5.41, 5.74) is 0.908. The smallest absolute Gasteiger partial charge is 0.270 e. The first-order valence-corrected chi connectivity index (χ1v) is 7.27. The minimum Gasteiger partial charge on any atom is -0.369 e. The highest BCUT2D eigenvalue weighted by Crippen LogP contribution is 2.24. The van der Waals surface area contributed by atoms with Crippen LogP contribution in [-0.2, 0) is 0 Å². The van der Waals surface area contributed by atoms with Crippen molar-refractivity contribution < 1.29 is 4.92 Å². The van der Waals surface area contributed by atoms with Crippen LogP contribution in [-0.4, -0.2) is 28.5 Å². The van der Waals surface area contributed by atoms with Gasteiger partial charge in [0.05, 0.1) is 22.1 Å². The maximum atomic E-state index is 10.8. The number of benzene rings is 1. The summed E-state index contributed by atoms with van der Waals surface area (Å²) in [5.74, 6) is 1.54. The average Bonchev–Trinajstić information content (AvgIpc) is 2.46. The van der Waals surface area contributed by atoms with Crippen molar-refractivity contribution in [1.82, 2.24) is 4.98 Å². The molecule has 2 rings (SSSR count). The number of aromatic nitrogens is 1. The third-order valence-electron chi connectivity index (χ3n) is 2.74. The molecule has 6 nitrogen and oxygen atoms in total. The van der Waals surface area contributed by atoms with Crippen LogP contribution in [0.4, 0.5) is 11.5 Å². The van der Waals surface area contributed by atoms with E-state index in [9.17, 15) is 15.4 Å². The standard InChI is InChI=1S/C13H12N4O2S/c1-20-5-4-15-13-6-9(8-14)11-7-10(17(18)19)2-3-12(11)16-13/h2-3,6-7H,4-5H2,1H3,(H,15,16). The lowest BCUT2D eigenvalue weighted by Gasteiger charge is -2.07. The first kappa shape index (κ1) is 14.1. The van der Waals surface area contributed by atoms with Gasteiger partial charge in [-0.2, -0.15) is 17.0 Å². The molecule has 1 N–H and O–H groups in total. The van der Waals surface area contributed by atoms with Gasteiger partial charge in [-0.3, -0.25) is 10.1 Å². The zero-order chi connectivity index (χ0) is 14.5. The Morgan fingerprint density at radius 3 is 2.95 bits per heavy atom. The van der Waals surface area contributed by atoms with E-state index >= 15 is 0 Å². The van der Waals surface area contributed by atoms with Gasteiger partial charge in [0, 0.05) is 29.8 Å². The van der Waals surface area contributed by atoms with E-state index < -0.39 is 4.92 Å². The molecule has 1 aromatic carbocycles. The Kier molecular flexibility index (Phi) is 4.38. The van der Waals surface area contributed by atoms with E-state index in [1.165, 1.54) is 12.1 Å². The fraction of sp³-hybridized carbons (Fsp3) is 0.231. The van der Waals surface area contributed by atoms with Gasteiger partial charge in [0.25, 0.3) is 5.69 Å². The maximum Gasteiger partial charge on any atom is 0.270 e.